The minimum absolute atomic E-state index is 0.0525. The maximum absolute atomic E-state index is 12.8. The van der Waals surface area contributed by atoms with Crippen LogP contribution in [0.4, 0.5) is 8.78 Å². The molecule has 1 aromatic carbocycles. The van der Waals surface area contributed by atoms with Crippen LogP contribution < -0.4 is 4.74 Å². The van der Waals surface area contributed by atoms with Gasteiger partial charge in [0.05, 0.1) is 7.11 Å². The Morgan fingerprint density at radius 1 is 1.47 bits per heavy atom. The molecule has 0 amide bonds. The van der Waals surface area contributed by atoms with Crippen LogP contribution in [0.3, 0.4) is 0 Å². The summed E-state index contributed by atoms with van der Waals surface area (Å²) in [5.41, 5.74) is -0.0525. The second-order valence-corrected chi connectivity index (χ2v) is 3.92. The van der Waals surface area contributed by atoms with Gasteiger partial charge < -0.3 is 4.74 Å². The van der Waals surface area contributed by atoms with E-state index in [1.54, 1.807) is 0 Å². The first-order chi connectivity index (χ1) is 6.86. The third kappa shape index (κ3) is 2.75. The molecule has 0 aromatic heterocycles. The highest BCUT2D eigenvalue weighted by atomic mass is 79.9. The number of carbonyl (C=O) groups is 1. The van der Waals surface area contributed by atoms with Crippen LogP contribution in [0.1, 0.15) is 17.3 Å². The molecule has 5 heteroatoms. The molecular weight excluding hydrogens is 270 g/mol. The van der Waals surface area contributed by atoms with Crippen LogP contribution in [-0.2, 0) is 0 Å². The number of methoxy groups -OCH3 is 1. The van der Waals surface area contributed by atoms with Gasteiger partial charge in [-0.2, -0.15) is 8.78 Å². The summed E-state index contributed by atoms with van der Waals surface area (Å²) in [6.45, 7) is 0.575. The molecule has 1 rings (SSSR count). The highest BCUT2D eigenvalue weighted by molar-refractivity contribution is 9.10. The summed E-state index contributed by atoms with van der Waals surface area (Å²) in [6, 6.07) is 4.24. The summed E-state index contributed by atoms with van der Waals surface area (Å²) in [7, 11) is 1.46. The van der Waals surface area contributed by atoms with E-state index in [-0.39, 0.29) is 5.56 Å². The van der Waals surface area contributed by atoms with Gasteiger partial charge in [0.1, 0.15) is 5.75 Å². The summed E-state index contributed by atoms with van der Waals surface area (Å²) < 4.78 is 30.7. The van der Waals surface area contributed by atoms with E-state index in [2.05, 4.69) is 15.9 Å². The van der Waals surface area contributed by atoms with E-state index in [0.717, 1.165) is 0 Å². The molecule has 1 aromatic rings. The molecule has 0 aliphatic heterocycles. The minimum atomic E-state index is -3.36. The molecule has 2 nitrogen and oxygen atoms in total. The second-order valence-electron chi connectivity index (χ2n) is 3.06. The Balaban J connectivity index is 3.12. The molecule has 0 N–H and O–H groups in total. The Morgan fingerprint density at radius 2 is 2.07 bits per heavy atom. The van der Waals surface area contributed by atoms with Gasteiger partial charge in [0.25, 0.3) is 0 Å². The third-order valence-electron chi connectivity index (χ3n) is 1.82. The average molecular weight is 279 g/mol. The van der Waals surface area contributed by atoms with Gasteiger partial charge in [0.15, 0.2) is 0 Å². The van der Waals surface area contributed by atoms with Crippen LogP contribution in [0.25, 0.3) is 0 Å². The molecule has 0 radical (unpaired) electrons. The van der Waals surface area contributed by atoms with E-state index in [1.807, 2.05) is 0 Å². The van der Waals surface area contributed by atoms with E-state index in [9.17, 15) is 13.6 Å². The van der Waals surface area contributed by atoms with Crippen LogP contribution in [0.15, 0.2) is 22.7 Å². The van der Waals surface area contributed by atoms with Gasteiger partial charge in [-0.3, -0.25) is 4.79 Å². The molecule has 0 heterocycles. The first-order valence-electron chi connectivity index (χ1n) is 4.12. The number of carbonyl (C=O) groups excluding carboxylic acids is 1. The summed E-state index contributed by atoms with van der Waals surface area (Å²) in [6.07, 6.45) is 0. The zero-order chi connectivity index (χ0) is 11.6. The number of hydrogen-bond acceptors (Lipinski definition) is 2. The summed E-state index contributed by atoms with van der Waals surface area (Å²) in [5, 5.41) is 0. The topological polar surface area (TPSA) is 26.3 Å². The molecule has 0 saturated heterocycles. The number of benzene rings is 1. The van der Waals surface area contributed by atoms with Gasteiger partial charge in [-0.25, -0.2) is 0 Å². The van der Waals surface area contributed by atoms with Crippen molar-refractivity contribution in [2.24, 2.45) is 0 Å². The number of hydrogen-bond donors (Lipinski definition) is 0. The number of rotatable bonds is 3. The lowest BCUT2D eigenvalue weighted by molar-refractivity contribution is 0.0221. The fourth-order valence-corrected chi connectivity index (χ4v) is 1.58. The average Bonchev–Trinajstić information content (AvgIpc) is 2.15. The first kappa shape index (κ1) is 12.1. The van der Waals surface area contributed by atoms with Gasteiger partial charge in [-0.1, -0.05) is 0 Å². The Labute approximate surface area is 94.4 Å². The van der Waals surface area contributed by atoms with Crippen LogP contribution in [0.5, 0.6) is 5.75 Å². The molecule has 0 unspecified atom stereocenters. The quantitative estimate of drug-likeness (QED) is 0.793. The molecule has 0 bridgehead atoms. The maximum atomic E-state index is 12.8. The lowest BCUT2D eigenvalue weighted by Gasteiger charge is -2.10. The molecule has 0 spiro atoms. The SMILES string of the molecule is COc1ccc(C(=O)C(C)(F)F)c(Br)c1. The van der Waals surface area contributed by atoms with Crippen molar-refractivity contribution >= 4 is 21.7 Å². The lowest BCUT2D eigenvalue weighted by Crippen LogP contribution is -2.24. The van der Waals surface area contributed by atoms with Gasteiger partial charge >= 0.3 is 5.92 Å². The van der Waals surface area contributed by atoms with E-state index in [1.165, 1.54) is 25.3 Å². The number of ether oxygens (including phenoxy) is 1. The van der Waals surface area contributed by atoms with Crippen LogP contribution in [0.2, 0.25) is 0 Å². The van der Waals surface area contributed by atoms with Crippen molar-refractivity contribution in [1.29, 1.82) is 0 Å². The fraction of sp³-hybridized carbons (Fsp3) is 0.300. The predicted molar refractivity (Wildman–Crippen MR) is 55.6 cm³/mol. The molecular formula is C10H9BrF2O2. The van der Waals surface area contributed by atoms with E-state index in [4.69, 9.17) is 4.74 Å². The monoisotopic (exact) mass is 278 g/mol. The summed E-state index contributed by atoms with van der Waals surface area (Å²) in [4.78, 5) is 11.3. The molecule has 82 valence electrons. The van der Waals surface area contributed by atoms with Gasteiger partial charge in [-0.15, -0.1) is 0 Å². The van der Waals surface area contributed by atoms with Crippen molar-refractivity contribution < 1.29 is 18.3 Å². The third-order valence-corrected chi connectivity index (χ3v) is 2.48. The number of halogens is 3. The second kappa shape index (κ2) is 4.26. The van der Waals surface area contributed by atoms with E-state index < -0.39 is 11.7 Å². The zero-order valence-electron chi connectivity index (χ0n) is 8.18. The van der Waals surface area contributed by atoms with Crippen LogP contribution in [-0.4, -0.2) is 18.8 Å². The molecule has 15 heavy (non-hydrogen) atoms. The van der Waals surface area contributed by atoms with Crippen molar-refractivity contribution in [3.63, 3.8) is 0 Å². The van der Waals surface area contributed by atoms with Gasteiger partial charge in [-0.05, 0) is 34.1 Å². The Kier molecular flexibility index (Phi) is 3.44. The van der Waals surface area contributed by atoms with Crippen LogP contribution >= 0.6 is 15.9 Å². The summed E-state index contributed by atoms with van der Waals surface area (Å²) >= 11 is 3.05. The van der Waals surface area contributed by atoms with Gasteiger partial charge in [0.2, 0.25) is 5.78 Å². The Hall–Kier alpha value is -0.970. The largest absolute Gasteiger partial charge is 0.497 e. The van der Waals surface area contributed by atoms with Crippen molar-refractivity contribution in [2.75, 3.05) is 7.11 Å². The first-order valence-corrected chi connectivity index (χ1v) is 4.91. The zero-order valence-corrected chi connectivity index (χ0v) is 9.77. The maximum Gasteiger partial charge on any atom is 0.307 e. The Bertz CT molecular complexity index is 385. The molecule has 0 aliphatic rings. The molecule has 0 fully saturated rings. The van der Waals surface area contributed by atoms with E-state index in [0.29, 0.717) is 17.1 Å². The number of alkyl halides is 2. The highest BCUT2D eigenvalue weighted by Crippen LogP contribution is 2.28. The van der Waals surface area contributed by atoms with Gasteiger partial charge in [0, 0.05) is 17.0 Å². The predicted octanol–water partition coefficient (Wildman–Crippen LogP) is 3.30. The number of ketones is 1. The van der Waals surface area contributed by atoms with Crippen molar-refractivity contribution in [2.45, 2.75) is 12.8 Å². The molecule has 0 saturated carbocycles. The Morgan fingerprint density at radius 3 is 2.47 bits per heavy atom. The fourth-order valence-electron chi connectivity index (χ4n) is 1.04. The van der Waals surface area contributed by atoms with Crippen molar-refractivity contribution in [3.8, 4) is 5.75 Å². The molecule has 0 aliphatic carbocycles. The smallest absolute Gasteiger partial charge is 0.307 e. The summed E-state index contributed by atoms with van der Waals surface area (Å²) in [5.74, 6) is -4.08. The standard InChI is InChI=1S/C10H9BrF2O2/c1-10(12,13)9(14)7-4-3-6(15-2)5-8(7)11/h3-5H,1-2H3. The van der Waals surface area contributed by atoms with Crippen LogP contribution in [0, 0.1) is 0 Å². The van der Waals surface area contributed by atoms with E-state index >= 15 is 0 Å². The minimum Gasteiger partial charge on any atom is -0.497 e. The lowest BCUT2D eigenvalue weighted by atomic mass is 10.1. The highest BCUT2D eigenvalue weighted by Gasteiger charge is 2.34. The number of Topliss-reactive ketones (excluding diaryl/α,β-unsaturated/α-hetero) is 1. The molecule has 0 atom stereocenters. The van der Waals surface area contributed by atoms with Crippen molar-refractivity contribution in [1.82, 2.24) is 0 Å². The van der Waals surface area contributed by atoms with Crippen molar-refractivity contribution in [3.05, 3.63) is 28.2 Å². The normalized spacial score (nSPS) is 11.3.